The molecule has 30 heavy (non-hydrogen) atoms. The molecule has 0 unspecified atom stereocenters. The zero-order valence-electron chi connectivity index (χ0n) is 17.0. The third kappa shape index (κ3) is 3.98. The summed E-state index contributed by atoms with van der Waals surface area (Å²) in [5.74, 6) is 0.827. The summed E-state index contributed by atoms with van der Waals surface area (Å²) in [6, 6.07) is 20.9. The molecule has 3 aromatic carbocycles. The van der Waals surface area contributed by atoms with Crippen molar-refractivity contribution in [3.8, 4) is 11.5 Å². The number of rotatable bonds is 5. The number of hydrogen-bond donors (Lipinski definition) is 0. The Morgan fingerprint density at radius 1 is 1.10 bits per heavy atom. The van der Waals surface area contributed by atoms with E-state index in [1.165, 1.54) is 16.9 Å². The number of ether oxygens (including phenoxy) is 1. The number of benzene rings is 3. The molecule has 150 valence electrons. The predicted octanol–water partition coefficient (Wildman–Crippen LogP) is 6.04. The van der Waals surface area contributed by atoms with Crippen LogP contribution >= 0.6 is 11.3 Å². The van der Waals surface area contributed by atoms with Crippen molar-refractivity contribution in [3.05, 3.63) is 101 Å². The van der Waals surface area contributed by atoms with Gasteiger partial charge in [0.1, 0.15) is 11.5 Å². The molecule has 5 heteroatoms. The third-order valence-electron chi connectivity index (χ3n) is 4.71. The lowest BCUT2D eigenvalue weighted by molar-refractivity contribution is 0.0995. The minimum atomic E-state index is -0.333. The van der Waals surface area contributed by atoms with Crippen LogP contribution in [0.2, 0.25) is 0 Å². The minimum absolute atomic E-state index is 0.333. The lowest BCUT2D eigenvalue weighted by atomic mass is 10.1. The topological polar surface area (TPSA) is 43.6 Å². The summed E-state index contributed by atoms with van der Waals surface area (Å²) in [5.41, 5.74) is 3.86. The summed E-state index contributed by atoms with van der Waals surface area (Å²) in [4.78, 5) is 18.3. The van der Waals surface area contributed by atoms with Crippen molar-refractivity contribution in [3.63, 3.8) is 0 Å². The molecule has 0 saturated heterocycles. The van der Waals surface area contributed by atoms with Crippen molar-refractivity contribution in [2.45, 2.75) is 20.4 Å². The van der Waals surface area contributed by atoms with Gasteiger partial charge in [-0.1, -0.05) is 53.8 Å². The highest BCUT2D eigenvalue weighted by molar-refractivity contribution is 7.16. The van der Waals surface area contributed by atoms with Gasteiger partial charge in [0.25, 0.3) is 5.91 Å². The number of carbonyl (C=O) groups excluding carboxylic acids is 1. The standard InChI is InChI=1S/C25H22N2O2S/c1-4-14-27-23-18(3)15-17(2)16-22(23)30-25(27)26-24(28)20-12-8-9-13-21(20)29-19-10-6-5-7-11-19/h4-13,15-16H,1,14H2,2-3H3. The second kappa shape index (κ2) is 8.51. The SMILES string of the molecule is C=CCn1c(=NC(=O)c2ccccc2Oc2ccccc2)sc2cc(C)cc(C)c21. The van der Waals surface area contributed by atoms with E-state index in [1.807, 2.05) is 53.1 Å². The summed E-state index contributed by atoms with van der Waals surface area (Å²) >= 11 is 1.51. The van der Waals surface area contributed by atoms with Crippen LogP contribution in [0.15, 0.2) is 84.4 Å². The number of fused-ring (bicyclic) bond motifs is 1. The molecule has 0 N–H and O–H groups in total. The zero-order chi connectivity index (χ0) is 21.1. The van der Waals surface area contributed by atoms with Gasteiger partial charge < -0.3 is 9.30 Å². The molecule has 0 aliphatic rings. The highest BCUT2D eigenvalue weighted by Crippen LogP contribution is 2.26. The number of carbonyl (C=O) groups is 1. The first-order valence-electron chi connectivity index (χ1n) is 9.69. The van der Waals surface area contributed by atoms with Crippen molar-refractivity contribution >= 4 is 27.5 Å². The average molecular weight is 415 g/mol. The van der Waals surface area contributed by atoms with Crippen LogP contribution in [-0.4, -0.2) is 10.5 Å². The van der Waals surface area contributed by atoms with Gasteiger partial charge in [0.15, 0.2) is 4.80 Å². The van der Waals surface area contributed by atoms with Gasteiger partial charge >= 0.3 is 0 Å². The molecular weight excluding hydrogens is 392 g/mol. The fraction of sp³-hybridized carbons (Fsp3) is 0.120. The summed E-state index contributed by atoms with van der Waals surface area (Å²) in [5, 5.41) is 0. The first kappa shape index (κ1) is 19.9. The Bertz CT molecular complexity index is 1300. The molecule has 4 nitrogen and oxygen atoms in total. The van der Waals surface area contributed by atoms with Crippen LogP contribution in [0.3, 0.4) is 0 Å². The van der Waals surface area contributed by atoms with Crippen LogP contribution in [0, 0.1) is 13.8 Å². The molecule has 0 aliphatic carbocycles. The molecule has 1 heterocycles. The minimum Gasteiger partial charge on any atom is -0.457 e. The normalized spacial score (nSPS) is 11.6. The first-order valence-corrected chi connectivity index (χ1v) is 10.5. The van der Waals surface area contributed by atoms with Crippen molar-refractivity contribution in [1.82, 2.24) is 4.57 Å². The van der Waals surface area contributed by atoms with E-state index < -0.39 is 0 Å². The Balaban J connectivity index is 1.80. The average Bonchev–Trinajstić information content (AvgIpc) is 3.06. The molecule has 0 saturated carbocycles. The molecule has 0 spiro atoms. The quantitative estimate of drug-likeness (QED) is 0.374. The van der Waals surface area contributed by atoms with Crippen LogP contribution in [0.4, 0.5) is 0 Å². The molecule has 4 aromatic rings. The Morgan fingerprint density at radius 2 is 1.83 bits per heavy atom. The molecule has 0 atom stereocenters. The van der Waals surface area contributed by atoms with Gasteiger partial charge in [0.2, 0.25) is 0 Å². The van der Waals surface area contributed by atoms with E-state index in [-0.39, 0.29) is 5.91 Å². The fourth-order valence-electron chi connectivity index (χ4n) is 3.47. The maximum absolute atomic E-state index is 13.1. The van der Waals surface area contributed by atoms with Crippen LogP contribution in [0.1, 0.15) is 21.5 Å². The van der Waals surface area contributed by atoms with Gasteiger partial charge in [-0.25, -0.2) is 0 Å². The molecule has 1 amide bonds. The van der Waals surface area contributed by atoms with E-state index >= 15 is 0 Å². The highest BCUT2D eigenvalue weighted by atomic mass is 32.1. The third-order valence-corrected chi connectivity index (χ3v) is 5.73. The number of hydrogen-bond acceptors (Lipinski definition) is 3. The summed E-state index contributed by atoms with van der Waals surface area (Å²) < 4.78 is 9.09. The largest absolute Gasteiger partial charge is 0.457 e. The maximum Gasteiger partial charge on any atom is 0.283 e. The van der Waals surface area contributed by atoms with Gasteiger partial charge in [0.05, 0.1) is 15.8 Å². The number of para-hydroxylation sites is 2. The maximum atomic E-state index is 13.1. The fourth-order valence-corrected chi connectivity index (χ4v) is 4.68. The van der Waals surface area contributed by atoms with E-state index in [0.29, 0.717) is 28.4 Å². The van der Waals surface area contributed by atoms with E-state index in [0.717, 1.165) is 15.8 Å². The number of aryl methyl sites for hydroxylation is 2. The molecule has 0 radical (unpaired) electrons. The molecule has 0 fully saturated rings. The van der Waals surface area contributed by atoms with Gasteiger partial charge in [-0.2, -0.15) is 4.99 Å². The Labute approximate surface area is 179 Å². The van der Waals surface area contributed by atoms with E-state index in [2.05, 4.69) is 37.6 Å². The molecule has 0 bridgehead atoms. The van der Waals surface area contributed by atoms with Gasteiger partial charge in [-0.15, -0.1) is 6.58 Å². The smallest absolute Gasteiger partial charge is 0.283 e. The number of amides is 1. The lowest BCUT2D eigenvalue weighted by Crippen LogP contribution is -2.17. The number of nitrogens with zero attached hydrogens (tertiary/aromatic N) is 2. The van der Waals surface area contributed by atoms with Crippen LogP contribution in [-0.2, 0) is 6.54 Å². The second-order valence-corrected chi connectivity index (χ2v) is 8.05. The lowest BCUT2D eigenvalue weighted by Gasteiger charge is -2.08. The summed E-state index contributed by atoms with van der Waals surface area (Å²) in [6.07, 6.45) is 1.82. The van der Waals surface area contributed by atoms with Crippen LogP contribution in [0.25, 0.3) is 10.2 Å². The molecule has 4 rings (SSSR count). The van der Waals surface area contributed by atoms with Crippen LogP contribution in [0.5, 0.6) is 11.5 Å². The van der Waals surface area contributed by atoms with Crippen molar-refractivity contribution in [1.29, 1.82) is 0 Å². The van der Waals surface area contributed by atoms with Crippen molar-refractivity contribution in [2.75, 3.05) is 0 Å². The second-order valence-electron chi connectivity index (χ2n) is 7.04. The van der Waals surface area contributed by atoms with Crippen LogP contribution < -0.4 is 9.54 Å². The Kier molecular flexibility index (Phi) is 5.63. The van der Waals surface area contributed by atoms with E-state index in [4.69, 9.17) is 4.74 Å². The summed E-state index contributed by atoms with van der Waals surface area (Å²) in [7, 11) is 0. The van der Waals surface area contributed by atoms with Crippen molar-refractivity contribution in [2.24, 2.45) is 4.99 Å². The van der Waals surface area contributed by atoms with Crippen molar-refractivity contribution < 1.29 is 9.53 Å². The van der Waals surface area contributed by atoms with Gasteiger partial charge in [-0.3, -0.25) is 4.79 Å². The molecule has 0 aliphatic heterocycles. The monoisotopic (exact) mass is 414 g/mol. The predicted molar refractivity (Wildman–Crippen MR) is 122 cm³/mol. The Morgan fingerprint density at radius 3 is 2.60 bits per heavy atom. The van der Waals surface area contributed by atoms with E-state index in [1.54, 1.807) is 12.1 Å². The van der Waals surface area contributed by atoms with Gasteiger partial charge in [0, 0.05) is 6.54 Å². The van der Waals surface area contributed by atoms with E-state index in [9.17, 15) is 4.79 Å². The zero-order valence-corrected chi connectivity index (χ0v) is 17.8. The number of aromatic nitrogens is 1. The first-order chi connectivity index (χ1) is 14.6. The molecule has 1 aromatic heterocycles. The highest BCUT2D eigenvalue weighted by Gasteiger charge is 2.14. The Hall–Kier alpha value is -3.44. The van der Waals surface area contributed by atoms with Gasteiger partial charge in [-0.05, 0) is 55.3 Å². The number of thiazole rings is 1. The number of allylic oxidation sites excluding steroid dienone is 1. The summed E-state index contributed by atoms with van der Waals surface area (Å²) in [6.45, 7) is 8.60. The molecular formula is C25H22N2O2S.